The molecule has 0 aliphatic heterocycles. The van der Waals surface area contributed by atoms with E-state index >= 15 is 0 Å². The lowest BCUT2D eigenvalue weighted by Gasteiger charge is -2.09. The second kappa shape index (κ2) is 6.21. The highest BCUT2D eigenvalue weighted by Gasteiger charge is 2.04. The Morgan fingerprint density at radius 2 is 1.40 bits per heavy atom. The molecule has 0 radical (unpaired) electrons. The van der Waals surface area contributed by atoms with Gasteiger partial charge in [-0.25, -0.2) is 4.79 Å². The maximum atomic E-state index is 11.8. The summed E-state index contributed by atoms with van der Waals surface area (Å²) in [5.74, 6) is 0. The second-order valence-corrected chi connectivity index (χ2v) is 4.74. The second-order valence-electron chi connectivity index (χ2n) is 4.74. The van der Waals surface area contributed by atoms with Gasteiger partial charge >= 0.3 is 6.03 Å². The van der Waals surface area contributed by atoms with Crippen LogP contribution in [0.15, 0.2) is 48.5 Å². The van der Waals surface area contributed by atoms with E-state index in [1.807, 2.05) is 31.2 Å². The molecule has 2 aromatic rings. The smallest absolute Gasteiger partial charge is 0.323 e. The number of hydrogen-bond donors (Lipinski definition) is 3. The zero-order valence-corrected chi connectivity index (χ0v) is 11.6. The summed E-state index contributed by atoms with van der Waals surface area (Å²) in [7, 11) is 0. The number of urea groups is 1. The molecule has 1 atom stereocenters. The number of rotatable bonds is 3. The molecule has 104 valence electrons. The molecule has 0 saturated heterocycles. The highest BCUT2D eigenvalue weighted by molar-refractivity contribution is 5.99. The van der Waals surface area contributed by atoms with Crippen LogP contribution in [0.2, 0.25) is 0 Å². The Kier molecular flexibility index (Phi) is 4.38. The molecule has 0 heterocycles. The quantitative estimate of drug-likeness (QED) is 0.796. The summed E-state index contributed by atoms with van der Waals surface area (Å²) in [6.07, 6.45) is -0.509. The average molecular weight is 270 g/mol. The molecule has 20 heavy (non-hydrogen) atoms. The molecule has 2 aromatic carbocycles. The van der Waals surface area contributed by atoms with Gasteiger partial charge in [0.15, 0.2) is 0 Å². The number of aliphatic hydroxyl groups excluding tert-OH is 1. The van der Waals surface area contributed by atoms with E-state index in [1.54, 1.807) is 31.2 Å². The van der Waals surface area contributed by atoms with Crippen LogP contribution in [-0.4, -0.2) is 11.1 Å². The monoisotopic (exact) mass is 270 g/mol. The number of aliphatic hydroxyl groups is 1. The number of carbonyl (C=O) groups excluding carboxylic acids is 1. The van der Waals surface area contributed by atoms with Crippen molar-refractivity contribution in [3.63, 3.8) is 0 Å². The molecule has 0 aromatic heterocycles. The van der Waals surface area contributed by atoms with E-state index in [2.05, 4.69) is 10.6 Å². The van der Waals surface area contributed by atoms with Crippen LogP contribution in [-0.2, 0) is 0 Å². The Balaban J connectivity index is 1.95. The van der Waals surface area contributed by atoms with Crippen molar-refractivity contribution in [3.8, 4) is 0 Å². The summed E-state index contributed by atoms with van der Waals surface area (Å²) >= 11 is 0. The van der Waals surface area contributed by atoms with E-state index in [1.165, 1.54) is 0 Å². The lowest BCUT2D eigenvalue weighted by Crippen LogP contribution is -2.19. The molecule has 2 rings (SSSR count). The Morgan fingerprint density at radius 3 is 1.85 bits per heavy atom. The van der Waals surface area contributed by atoms with Gasteiger partial charge in [-0.05, 0) is 43.7 Å². The molecule has 4 heteroatoms. The first kappa shape index (κ1) is 14.1. The zero-order chi connectivity index (χ0) is 14.5. The molecule has 0 aliphatic rings. The van der Waals surface area contributed by atoms with Gasteiger partial charge in [0, 0.05) is 11.4 Å². The average Bonchev–Trinajstić information content (AvgIpc) is 2.42. The van der Waals surface area contributed by atoms with E-state index in [9.17, 15) is 9.90 Å². The van der Waals surface area contributed by atoms with E-state index in [-0.39, 0.29) is 6.03 Å². The van der Waals surface area contributed by atoms with Crippen molar-refractivity contribution in [1.82, 2.24) is 0 Å². The highest BCUT2D eigenvalue weighted by Crippen LogP contribution is 2.16. The third kappa shape index (κ3) is 3.83. The summed E-state index contributed by atoms with van der Waals surface area (Å²) in [5.41, 5.74) is 3.38. The molecule has 0 saturated carbocycles. The minimum atomic E-state index is -0.509. The van der Waals surface area contributed by atoms with Crippen molar-refractivity contribution in [2.24, 2.45) is 0 Å². The lowest BCUT2D eigenvalue weighted by molar-refractivity contribution is 0.199. The van der Waals surface area contributed by atoms with Crippen molar-refractivity contribution in [1.29, 1.82) is 0 Å². The number of amides is 2. The van der Waals surface area contributed by atoms with Gasteiger partial charge in [0.1, 0.15) is 0 Å². The first-order valence-corrected chi connectivity index (χ1v) is 6.47. The first-order chi connectivity index (χ1) is 9.54. The van der Waals surface area contributed by atoms with Crippen LogP contribution in [0.5, 0.6) is 0 Å². The van der Waals surface area contributed by atoms with Crippen LogP contribution in [0.1, 0.15) is 24.2 Å². The molecule has 0 bridgehead atoms. The van der Waals surface area contributed by atoms with Crippen LogP contribution in [0.4, 0.5) is 16.2 Å². The topological polar surface area (TPSA) is 61.4 Å². The minimum Gasteiger partial charge on any atom is -0.389 e. The van der Waals surface area contributed by atoms with Crippen LogP contribution in [0, 0.1) is 6.92 Å². The molecular formula is C16H18N2O2. The normalized spacial score (nSPS) is 11.8. The van der Waals surface area contributed by atoms with Crippen molar-refractivity contribution in [2.75, 3.05) is 10.6 Å². The predicted octanol–water partition coefficient (Wildman–Crippen LogP) is 3.69. The van der Waals surface area contributed by atoms with E-state index < -0.39 is 6.10 Å². The number of aryl methyl sites for hydroxylation is 1. The molecule has 0 aliphatic carbocycles. The third-order valence-electron chi connectivity index (χ3n) is 2.96. The zero-order valence-electron chi connectivity index (χ0n) is 11.6. The van der Waals surface area contributed by atoms with Gasteiger partial charge in [-0.1, -0.05) is 29.8 Å². The fourth-order valence-corrected chi connectivity index (χ4v) is 1.78. The Hall–Kier alpha value is -2.33. The molecule has 1 unspecified atom stereocenters. The highest BCUT2D eigenvalue weighted by atomic mass is 16.3. The number of hydrogen-bond acceptors (Lipinski definition) is 2. The van der Waals surface area contributed by atoms with Crippen molar-refractivity contribution >= 4 is 17.4 Å². The van der Waals surface area contributed by atoms with Gasteiger partial charge in [-0.15, -0.1) is 0 Å². The Morgan fingerprint density at radius 1 is 0.950 bits per heavy atom. The van der Waals surface area contributed by atoms with Crippen molar-refractivity contribution < 1.29 is 9.90 Å². The van der Waals surface area contributed by atoms with Crippen LogP contribution in [0.25, 0.3) is 0 Å². The van der Waals surface area contributed by atoms with E-state index in [4.69, 9.17) is 0 Å². The molecule has 0 spiro atoms. The van der Waals surface area contributed by atoms with Crippen molar-refractivity contribution in [2.45, 2.75) is 20.0 Å². The van der Waals surface area contributed by atoms with Gasteiger partial charge < -0.3 is 15.7 Å². The number of anilines is 2. The fraction of sp³-hybridized carbons (Fsp3) is 0.188. The summed E-state index contributed by atoms with van der Waals surface area (Å²) < 4.78 is 0. The number of carbonyl (C=O) groups is 1. The first-order valence-electron chi connectivity index (χ1n) is 6.47. The maximum absolute atomic E-state index is 11.8. The molecule has 2 amide bonds. The summed E-state index contributed by atoms with van der Waals surface area (Å²) in [5, 5.41) is 14.9. The van der Waals surface area contributed by atoms with Gasteiger partial charge in [0.25, 0.3) is 0 Å². The Labute approximate surface area is 118 Å². The van der Waals surface area contributed by atoms with Crippen molar-refractivity contribution in [3.05, 3.63) is 59.7 Å². The molecule has 3 N–H and O–H groups in total. The number of benzene rings is 2. The molecule has 4 nitrogen and oxygen atoms in total. The summed E-state index contributed by atoms with van der Waals surface area (Å²) in [4.78, 5) is 11.8. The van der Waals surface area contributed by atoms with Gasteiger partial charge in [-0.2, -0.15) is 0 Å². The van der Waals surface area contributed by atoms with Crippen LogP contribution in [0.3, 0.4) is 0 Å². The minimum absolute atomic E-state index is 0.293. The van der Waals surface area contributed by atoms with Gasteiger partial charge in [0.05, 0.1) is 6.10 Å². The summed E-state index contributed by atoms with van der Waals surface area (Å²) in [6, 6.07) is 14.4. The standard InChI is InChI=1S/C16H18N2O2/c1-11-3-7-14(8-4-11)17-16(20)18-15-9-5-13(6-10-15)12(2)19/h3-10,12,19H,1-2H3,(H2,17,18,20). The third-order valence-corrected chi connectivity index (χ3v) is 2.96. The lowest BCUT2D eigenvalue weighted by atomic mass is 10.1. The molecular weight excluding hydrogens is 252 g/mol. The van der Waals surface area contributed by atoms with E-state index in [0.717, 1.165) is 16.8 Å². The van der Waals surface area contributed by atoms with Gasteiger partial charge in [-0.3, -0.25) is 0 Å². The summed E-state index contributed by atoms with van der Waals surface area (Å²) in [6.45, 7) is 3.69. The van der Waals surface area contributed by atoms with Crippen LogP contribution < -0.4 is 10.6 Å². The Bertz CT molecular complexity index is 574. The number of nitrogens with one attached hydrogen (secondary N) is 2. The SMILES string of the molecule is Cc1ccc(NC(=O)Nc2ccc(C(C)O)cc2)cc1. The predicted molar refractivity (Wildman–Crippen MR) is 80.9 cm³/mol. The largest absolute Gasteiger partial charge is 0.389 e. The van der Waals surface area contributed by atoms with Gasteiger partial charge in [0.2, 0.25) is 0 Å². The molecule has 0 fully saturated rings. The maximum Gasteiger partial charge on any atom is 0.323 e. The fourth-order valence-electron chi connectivity index (χ4n) is 1.78. The van der Waals surface area contributed by atoms with Crippen LogP contribution >= 0.6 is 0 Å². The van der Waals surface area contributed by atoms with E-state index in [0.29, 0.717) is 5.69 Å².